The fourth-order valence-electron chi connectivity index (χ4n) is 4.06. The molecule has 3 amide bonds. The molecule has 3 aromatic rings. The molecule has 0 bridgehead atoms. The van der Waals surface area contributed by atoms with Crippen LogP contribution in [0.25, 0.3) is 17.0 Å². The molecule has 0 aliphatic carbocycles. The van der Waals surface area contributed by atoms with E-state index in [9.17, 15) is 19.2 Å². The quantitative estimate of drug-likeness (QED) is 0.535. The number of hydrogen-bond acceptors (Lipinski definition) is 7. The molecule has 2 aliphatic rings. The van der Waals surface area contributed by atoms with Crippen LogP contribution < -0.4 is 10.3 Å². The number of benzene rings is 2. The molecule has 0 unspecified atom stereocenters. The van der Waals surface area contributed by atoms with Crippen molar-refractivity contribution in [2.75, 3.05) is 37.6 Å². The van der Waals surface area contributed by atoms with Crippen LogP contribution in [0.1, 0.15) is 5.56 Å². The zero-order chi connectivity index (χ0) is 23.7. The number of fused-ring (bicyclic) bond motifs is 1. The smallest absolute Gasteiger partial charge is 0.294 e. The van der Waals surface area contributed by atoms with Gasteiger partial charge in [0.25, 0.3) is 11.1 Å². The summed E-state index contributed by atoms with van der Waals surface area (Å²) < 4.78 is 5.48. The van der Waals surface area contributed by atoms with Gasteiger partial charge in [-0.1, -0.05) is 30.3 Å². The van der Waals surface area contributed by atoms with Crippen molar-refractivity contribution in [3.63, 3.8) is 0 Å². The Labute approximate surface area is 199 Å². The Morgan fingerprint density at radius 3 is 2.41 bits per heavy atom. The summed E-state index contributed by atoms with van der Waals surface area (Å²) in [5, 5.41) is -0.141. The van der Waals surface area contributed by atoms with Crippen LogP contribution in [0.2, 0.25) is 0 Å². The maximum atomic E-state index is 12.9. The highest BCUT2D eigenvalue weighted by atomic mass is 32.2. The van der Waals surface area contributed by atoms with Crippen molar-refractivity contribution >= 4 is 51.5 Å². The summed E-state index contributed by atoms with van der Waals surface area (Å²) in [5.74, 6) is -0.861. The third kappa shape index (κ3) is 4.22. The molecule has 9 heteroatoms. The van der Waals surface area contributed by atoms with Gasteiger partial charge in [-0.15, -0.1) is 0 Å². The molecule has 0 N–H and O–H groups in total. The van der Waals surface area contributed by atoms with Gasteiger partial charge in [-0.2, -0.15) is 0 Å². The molecular weight excluding hydrogens is 454 g/mol. The Morgan fingerprint density at radius 2 is 1.65 bits per heavy atom. The molecule has 5 rings (SSSR count). The summed E-state index contributed by atoms with van der Waals surface area (Å²) >= 11 is 0.716. The standard InChI is InChI=1S/C25H21N3O5S/c29-22(27-12-10-26(11-13-27)18-6-2-1-3-7-18)15-28-24(31)21(34-25(28)32)14-17-16-33-20-9-5-4-8-19(20)23(17)30/h1-9,14,16H,10-13,15H2/b21-14-. The minimum Gasteiger partial charge on any atom is -0.463 e. The van der Waals surface area contributed by atoms with E-state index in [1.54, 1.807) is 29.2 Å². The predicted molar refractivity (Wildman–Crippen MR) is 130 cm³/mol. The zero-order valence-electron chi connectivity index (χ0n) is 18.2. The topological polar surface area (TPSA) is 91.1 Å². The largest absolute Gasteiger partial charge is 0.463 e. The molecule has 0 radical (unpaired) electrons. The lowest BCUT2D eigenvalue weighted by Gasteiger charge is -2.36. The van der Waals surface area contributed by atoms with Crippen LogP contribution in [-0.4, -0.2) is 59.6 Å². The molecular formula is C25H21N3O5S. The molecule has 3 heterocycles. The monoisotopic (exact) mass is 475 g/mol. The van der Waals surface area contributed by atoms with Gasteiger partial charge in [0.1, 0.15) is 18.4 Å². The number of thioether (sulfide) groups is 1. The normalized spacial score (nSPS) is 17.8. The summed E-state index contributed by atoms with van der Waals surface area (Å²) in [6.45, 7) is 2.06. The van der Waals surface area contributed by atoms with Gasteiger partial charge in [-0.3, -0.25) is 24.1 Å². The fraction of sp³-hybridized carbons (Fsp3) is 0.200. The number of para-hydroxylation sites is 2. The van der Waals surface area contributed by atoms with Crippen LogP contribution in [0.15, 0.2) is 75.0 Å². The van der Waals surface area contributed by atoms with Crippen molar-refractivity contribution < 1.29 is 18.8 Å². The van der Waals surface area contributed by atoms with Crippen LogP contribution >= 0.6 is 11.8 Å². The van der Waals surface area contributed by atoms with Gasteiger partial charge in [-0.25, -0.2) is 0 Å². The minimum atomic E-state index is -0.584. The lowest BCUT2D eigenvalue weighted by atomic mass is 10.1. The molecule has 0 saturated carbocycles. The van der Waals surface area contributed by atoms with Crippen LogP contribution in [0.5, 0.6) is 0 Å². The van der Waals surface area contributed by atoms with E-state index in [1.165, 1.54) is 12.3 Å². The van der Waals surface area contributed by atoms with E-state index >= 15 is 0 Å². The van der Waals surface area contributed by atoms with Crippen LogP contribution in [0.4, 0.5) is 10.5 Å². The molecule has 8 nitrogen and oxygen atoms in total. The Balaban J connectivity index is 1.26. The van der Waals surface area contributed by atoms with E-state index in [4.69, 9.17) is 4.42 Å². The second-order valence-corrected chi connectivity index (χ2v) is 8.98. The van der Waals surface area contributed by atoms with Gasteiger partial charge < -0.3 is 14.2 Å². The van der Waals surface area contributed by atoms with E-state index in [-0.39, 0.29) is 28.3 Å². The van der Waals surface area contributed by atoms with Crippen molar-refractivity contribution in [1.82, 2.24) is 9.80 Å². The summed E-state index contributed by atoms with van der Waals surface area (Å²) in [4.78, 5) is 55.8. The first kappa shape index (κ1) is 22.0. The molecule has 2 saturated heterocycles. The maximum absolute atomic E-state index is 12.9. The Kier molecular flexibility index (Phi) is 5.93. The maximum Gasteiger partial charge on any atom is 0.294 e. The first-order valence-corrected chi connectivity index (χ1v) is 11.7. The third-order valence-corrected chi connectivity index (χ3v) is 6.82. The molecule has 172 valence electrons. The number of imide groups is 1. The molecule has 0 spiro atoms. The van der Waals surface area contributed by atoms with Crippen LogP contribution in [0, 0.1) is 0 Å². The highest BCUT2D eigenvalue weighted by molar-refractivity contribution is 8.18. The first-order valence-electron chi connectivity index (χ1n) is 10.8. The third-order valence-electron chi connectivity index (χ3n) is 5.91. The molecule has 2 aliphatic heterocycles. The predicted octanol–water partition coefficient (Wildman–Crippen LogP) is 3.18. The van der Waals surface area contributed by atoms with Crippen molar-refractivity contribution in [3.8, 4) is 0 Å². The van der Waals surface area contributed by atoms with Gasteiger partial charge in [0.05, 0.1) is 15.9 Å². The summed E-state index contributed by atoms with van der Waals surface area (Å²) in [7, 11) is 0. The summed E-state index contributed by atoms with van der Waals surface area (Å²) in [5.41, 5.74) is 1.42. The van der Waals surface area contributed by atoms with E-state index in [2.05, 4.69) is 4.90 Å². The van der Waals surface area contributed by atoms with Crippen molar-refractivity contribution in [1.29, 1.82) is 0 Å². The van der Waals surface area contributed by atoms with E-state index in [1.807, 2.05) is 30.3 Å². The number of anilines is 1. The minimum absolute atomic E-state index is 0.0919. The number of amides is 3. The van der Waals surface area contributed by atoms with Crippen molar-refractivity contribution in [2.45, 2.75) is 0 Å². The molecule has 2 fully saturated rings. The Hall–Kier alpha value is -3.85. The zero-order valence-corrected chi connectivity index (χ0v) is 19.0. The van der Waals surface area contributed by atoms with Gasteiger partial charge in [0, 0.05) is 31.9 Å². The summed E-state index contributed by atoms with van der Waals surface area (Å²) in [6, 6.07) is 16.8. The number of nitrogens with zero attached hydrogens (tertiary/aromatic N) is 3. The number of carbonyl (C=O) groups is 3. The van der Waals surface area contributed by atoms with E-state index < -0.39 is 11.1 Å². The summed E-state index contributed by atoms with van der Waals surface area (Å²) in [6.07, 6.45) is 2.63. The number of piperazine rings is 1. The first-order chi connectivity index (χ1) is 16.5. The average Bonchev–Trinajstić information content (AvgIpc) is 3.13. The molecule has 1 aromatic heterocycles. The van der Waals surface area contributed by atoms with Gasteiger partial charge in [0.2, 0.25) is 5.91 Å². The second kappa shape index (κ2) is 9.18. The van der Waals surface area contributed by atoms with Gasteiger partial charge >= 0.3 is 0 Å². The van der Waals surface area contributed by atoms with Crippen LogP contribution in [0.3, 0.4) is 0 Å². The highest BCUT2D eigenvalue weighted by Gasteiger charge is 2.37. The van der Waals surface area contributed by atoms with Crippen molar-refractivity contribution in [3.05, 3.63) is 81.6 Å². The van der Waals surface area contributed by atoms with E-state index in [0.29, 0.717) is 48.9 Å². The fourth-order valence-corrected chi connectivity index (χ4v) is 4.89. The lowest BCUT2D eigenvalue weighted by Crippen LogP contribution is -2.51. The number of rotatable bonds is 4. The number of hydrogen-bond donors (Lipinski definition) is 0. The SMILES string of the molecule is O=C(CN1C(=O)S/C(=C\c2coc3ccccc3c2=O)C1=O)N1CCN(c2ccccc2)CC1. The highest BCUT2D eigenvalue weighted by Crippen LogP contribution is 2.32. The molecule has 34 heavy (non-hydrogen) atoms. The Morgan fingerprint density at radius 1 is 0.941 bits per heavy atom. The average molecular weight is 476 g/mol. The molecule has 2 aromatic carbocycles. The molecule has 0 atom stereocenters. The second-order valence-electron chi connectivity index (χ2n) is 7.99. The number of carbonyl (C=O) groups excluding carboxylic acids is 3. The van der Waals surface area contributed by atoms with Gasteiger partial charge in [-0.05, 0) is 42.1 Å². The van der Waals surface area contributed by atoms with Crippen molar-refractivity contribution in [2.24, 2.45) is 0 Å². The lowest BCUT2D eigenvalue weighted by molar-refractivity contribution is -0.136. The van der Waals surface area contributed by atoms with Gasteiger partial charge in [0.15, 0.2) is 5.43 Å². The Bertz CT molecular complexity index is 1360. The van der Waals surface area contributed by atoms with Crippen LogP contribution in [-0.2, 0) is 9.59 Å². The van der Waals surface area contributed by atoms with E-state index in [0.717, 1.165) is 10.6 Å².